The molecule has 4 heteroatoms. The first kappa shape index (κ1) is 14.4. The summed E-state index contributed by atoms with van der Waals surface area (Å²) in [6.45, 7) is 4.33. The van der Waals surface area contributed by atoms with Crippen molar-refractivity contribution in [1.29, 1.82) is 0 Å². The van der Waals surface area contributed by atoms with Crippen molar-refractivity contribution in [1.82, 2.24) is 10.3 Å². The zero-order valence-corrected chi connectivity index (χ0v) is 12.1. The predicted molar refractivity (Wildman–Crippen MR) is 82.8 cm³/mol. The SMILES string of the molecule is Cc1[nH]c2ccccc2c1[C@H](N)C1CCNCC1.Cl. The first-order valence-corrected chi connectivity index (χ1v) is 6.81. The van der Waals surface area contributed by atoms with Crippen molar-refractivity contribution in [3.63, 3.8) is 0 Å². The molecule has 4 N–H and O–H groups in total. The molecule has 3 nitrogen and oxygen atoms in total. The number of benzene rings is 1. The van der Waals surface area contributed by atoms with E-state index in [0.717, 1.165) is 13.1 Å². The van der Waals surface area contributed by atoms with E-state index >= 15 is 0 Å². The lowest BCUT2D eigenvalue weighted by molar-refractivity contribution is 0.322. The van der Waals surface area contributed by atoms with E-state index in [1.165, 1.54) is 35.0 Å². The number of halogens is 1. The molecule has 0 amide bonds. The van der Waals surface area contributed by atoms with Crippen LogP contribution in [0.4, 0.5) is 0 Å². The van der Waals surface area contributed by atoms with Gasteiger partial charge >= 0.3 is 0 Å². The Bertz CT molecular complexity index is 543. The molecule has 1 atom stereocenters. The van der Waals surface area contributed by atoms with E-state index in [1.54, 1.807) is 0 Å². The Hall–Kier alpha value is -1.03. The van der Waals surface area contributed by atoms with E-state index in [1.807, 2.05) is 0 Å². The fourth-order valence-corrected chi connectivity index (χ4v) is 3.17. The van der Waals surface area contributed by atoms with Crippen LogP contribution < -0.4 is 11.1 Å². The number of H-pyrrole nitrogens is 1. The summed E-state index contributed by atoms with van der Waals surface area (Å²) < 4.78 is 0. The van der Waals surface area contributed by atoms with Crippen molar-refractivity contribution in [2.45, 2.75) is 25.8 Å². The number of rotatable bonds is 2. The van der Waals surface area contributed by atoms with Crippen LogP contribution in [0.15, 0.2) is 24.3 Å². The van der Waals surface area contributed by atoms with Crippen LogP contribution in [0.2, 0.25) is 0 Å². The molecule has 0 aliphatic carbocycles. The molecule has 1 aliphatic rings. The molecule has 0 unspecified atom stereocenters. The minimum absolute atomic E-state index is 0. The third-order valence-electron chi connectivity index (χ3n) is 4.17. The fraction of sp³-hybridized carbons (Fsp3) is 0.467. The number of piperidine rings is 1. The Morgan fingerprint density at radius 1 is 1.21 bits per heavy atom. The molecule has 1 saturated heterocycles. The minimum Gasteiger partial charge on any atom is -0.358 e. The molecule has 1 aromatic heterocycles. The molecule has 0 radical (unpaired) electrons. The van der Waals surface area contributed by atoms with Gasteiger partial charge in [-0.25, -0.2) is 0 Å². The highest BCUT2D eigenvalue weighted by Gasteiger charge is 2.25. The van der Waals surface area contributed by atoms with E-state index in [-0.39, 0.29) is 18.4 Å². The highest BCUT2D eigenvalue weighted by molar-refractivity contribution is 5.85. The number of para-hydroxylation sites is 1. The molecule has 2 heterocycles. The standard InChI is InChI=1S/C15H21N3.ClH/c1-10-14(12-4-2-3-5-13(12)18-10)15(16)11-6-8-17-9-7-11;/h2-5,11,15,17-18H,6-9,16H2,1H3;1H/t15-;/m1./s1. The zero-order valence-electron chi connectivity index (χ0n) is 11.3. The summed E-state index contributed by atoms with van der Waals surface area (Å²) in [6, 6.07) is 8.62. The largest absolute Gasteiger partial charge is 0.358 e. The minimum atomic E-state index is 0. The highest BCUT2D eigenvalue weighted by Crippen LogP contribution is 2.33. The van der Waals surface area contributed by atoms with Crippen LogP contribution in [0.1, 0.15) is 30.1 Å². The molecule has 1 fully saturated rings. The van der Waals surface area contributed by atoms with Gasteiger partial charge in [-0.15, -0.1) is 12.4 Å². The summed E-state index contributed by atoms with van der Waals surface area (Å²) in [5.41, 5.74) is 10.3. The van der Waals surface area contributed by atoms with E-state index < -0.39 is 0 Å². The second-order valence-corrected chi connectivity index (χ2v) is 5.32. The van der Waals surface area contributed by atoms with Gasteiger partial charge in [-0.2, -0.15) is 0 Å². The van der Waals surface area contributed by atoms with Crippen LogP contribution in [0.3, 0.4) is 0 Å². The van der Waals surface area contributed by atoms with Crippen molar-refractivity contribution < 1.29 is 0 Å². The van der Waals surface area contributed by atoms with Crippen LogP contribution in [-0.2, 0) is 0 Å². The lowest BCUT2D eigenvalue weighted by atomic mass is 9.85. The topological polar surface area (TPSA) is 53.8 Å². The smallest absolute Gasteiger partial charge is 0.0459 e. The average Bonchev–Trinajstić information content (AvgIpc) is 2.75. The quantitative estimate of drug-likeness (QED) is 0.792. The number of aryl methyl sites for hydroxylation is 1. The first-order chi connectivity index (χ1) is 8.77. The van der Waals surface area contributed by atoms with Crippen LogP contribution in [0.25, 0.3) is 10.9 Å². The summed E-state index contributed by atoms with van der Waals surface area (Å²) in [6.07, 6.45) is 2.36. The zero-order chi connectivity index (χ0) is 12.5. The van der Waals surface area contributed by atoms with Gasteiger partial charge in [-0.1, -0.05) is 18.2 Å². The Kier molecular flexibility index (Phi) is 4.50. The summed E-state index contributed by atoms with van der Waals surface area (Å²) in [4.78, 5) is 3.45. The lowest BCUT2D eigenvalue weighted by Crippen LogP contribution is -2.33. The molecule has 2 aromatic rings. The van der Waals surface area contributed by atoms with Gasteiger partial charge in [0.1, 0.15) is 0 Å². The molecular weight excluding hydrogens is 258 g/mol. The summed E-state index contributed by atoms with van der Waals surface area (Å²) in [7, 11) is 0. The van der Waals surface area contributed by atoms with Gasteiger partial charge in [-0.05, 0) is 50.4 Å². The Morgan fingerprint density at radius 2 is 1.89 bits per heavy atom. The second-order valence-electron chi connectivity index (χ2n) is 5.32. The molecule has 19 heavy (non-hydrogen) atoms. The molecular formula is C15H22ClN3. The maximum Gasteiger partial charge on any atom is 0.0459 e. The fourth-order valence-electron chi connectivity index (χ4n) is 3.17. The number of hydrogen-bond acceptors (Lipinski definition) is 2. The normalized spacial score (nSPS) is 18.2. The molecule has 3 rings (SSSR count). The van der Waals surface area contributed by atoms with Crippen molar-refractivity contribution in [2.75, 3.05) is 13.1 Å². The first-order valence-electron chi connectivity index (χ1n) is 6.81. The lowest BCUT2D eigenvalue weighted by Gasteiger charge is -2.28. The summed E-state index contributed by atoms with van der Waals surface area (Å²) >= 11 is 0. The average molecular weight is 280 g/mol. The van der Waals surface area contributed by atoms with Crippen molar-refractivity contribution >= 4 is 23.3 Å². The molecule has 1 aliphatic heterocycles. The molecule has 0 spiro atoms. The third kappa shape index (κ3) is 2.64. The maximum atomic E-state index is 6.53. The number of aromatic nitrogens is 1. The molecule has 0 saturated carbocycles. The predicted octanol–water partition coefficient (Wildman–Crippen LogP) is 2.90. The van der Waals surface area contributed by atoms with Crippen molar-refractivity contribution in [3.8, 4) is 0 Å². The van der Waals surface area contributed by atoms with Crippen LogP contribution >= 0.6 is 12.4 Å². The maximum absolute atomic E-state index is 6.53. The Labute approximate surface area is 120 Å². The molecule has 104 valence electrons. The molecule has 1 aromatic carbocycles. The molecule has 0 bridgehead atoms. The van der Waals surface area contributed by atoms with E-state index in [2.05, 4.69) is 41.5 Å². The number of nitrogens with two attached hydrogens (primary N) is 1. The van der Waals surface area contributed by atoms with E-state index in [9.17, 15) is 0 Å². The van der Waals surface area contributed by atoms with E-state index in [0.29, 0.717) is 5.92 Å². The number of hydrogen-bond donors (Lipinski definition) is 3. The van der Waals surface area contributed by atoms with Gasteiger partial charge in [0.15, 0.2) is 0 Å². The van der Waals surface area contributed by atoms with Crippen LogP contribution in [0.5, 0.6) is 0 Å². The number of fused-ring (bicyclic) bond motifs is 1. The van der Waals surface area contributed by atoms with Crippen LogP contribution in [0, 0.1) is 12.8 Å². The van der Waals surface area contributed by atoms with Gasteiger partial charge in [0, 0.05) is 22.6 Å². The second kappa shape index (κ2) is 5.95. The third-order valence-corrected chi connectivity index (χ3v) is 4.17. The highest BCUT2D eigenvalue weighted by atomic mass is 35.5. The van der Waals surface area contributed by atoms with Gasteiger partial charge in [-0.3, -0.25) is 0 Å². The van der Waals surface area contributed by atoms with Gasteiger partial charge in [0.25, 0.3) is 0 Å². The van der Waals surface area contributed by atoms with Gasteiger partial charge in [0.05, 0.1) is 0 Å². The van der Waals surface area contributed by atoms with Gasteiger partial charge < -0.3 is 16.0 Å². The summed E-state index contributed by atoms with van der Waals surface area (Å²) in [5, 5.41) is 4.70. The Balaban J connectivity index is 0.00000133. The van der Waals surface area contributed by atoms with E-state index in [4.69, 9.17) is 5.73 Å². The van der Waals surface area contributed by atoms with Gasteiger partial charge in [0.2, 0.25) is 0 Å². The summed E-state index contributed by atoms with van der Waals surface area (Å²) in [5.74, 6) is 0.601. The monoisotopic (exact) mass is 279 g/mol. The Morgan fingerprint density at radius 3 is 2.63 bits per heavy atom. The number of aromatic amines is 1. The van der Waals surface area contributed by atoms with Crippen molar-refractivity contribution in [2.24, 2.45) is 11.7 Å². The van der Waals surface area contributed by atoms with Crippen molar-refractivity contribution in [3.05, 3.63) is 35.5 Å². The number of nitrogens with one attached hydrogen (secondary N) is 2. The van der Waals surface area contributed by atoms with Crippen LogP contribution in [-0.4, -0.2) is 18.1 Å².